The van der Waals surface area contributed by atoms with Crippen molar-refractivity contribution in [3.63, 3.8) is 0 Å². The fourth-order valence-corrected chi connectivity index (χ4v) is 2.81. The summed E-state index contributed by atoms with van der Waals surface area (Å²) >= 11 is 6.22. The van der Waals surface area contributed by atoms with Gasteiger partial charge in [0, 0.05) is 11.5 Å². The summed E-state index contributed by atoms with van der Waals surface area (Å²) < 4.78 is 5.90. The first kappa shape index (κ1) is 18.5. The minimum atomic E-state index is -0.127. The summed E-state index contributed by atoms with van der Waals surface area (Å²) in [4.78, 5) is 16.6. The highest BCUT2D eigenvalue weighted by molar-refractivity contribution is 6.33. The molecule has 136 valence electrons. The zero-order chi connectivity index (χ0) is 18.8. The van der Waals surface area contributed by atoms with Crippen LogP contribution in [0.25, 0.3) is 22.6 Å². The van der Waals surface area contributed by atoms with Gasteiger partial charge in [-0.3, -0.25) is 4.79 Å². The topological polar surface area (TPSA) is 55.1 Å². The summed E-state index contributed by atoms with van der Waals surface area (Å²) in [5.74, 6) is 0.781. The number of oxazole rings is 1. The molecule has 0 saturated carbocycles. The summed E-state index contributed by atoms with van der Waals surface area (Å²) in [5.41, 5.74) is 4.16. The van der Waals surface area contributed by atoms with E-state index in [0.717, 1.165) is 23.1 Å². The molecule has 0 fully saturated rings. The third kappa shape index (κ3) is 3.75. The first-order valence-electron chi connectivity index (χ1n) is 8.90. The number of nitrogens with zero attached hydrogens (tertiary/aromatic N) is 1. The Balaban J connectivity index is 1.97. The van der Waals surface area contributed by atoms with Crippen molar-refractivity contribution >= 4 is 34.3 Å². The van der Waals surface area contributed by atoms with Gasteiger partial charge in [-0.2, -0.15) is 0 Å². The third-order valence-corrected chi connectivity index (χ3v) is 4.92. The minimum absolute atomic E-state index is 0.0835. The number of nitrogens with one attached hydrogen (secondary N) is 1. The largest absolute Gasteiger partial charge is 0.436 e. The molecule has 0 unspecified atom stereocenters. The molecule has 1 heterocycles. The average Bonchev–Trinajstić information content (AvgIpc) is 3.05. The first-order valence-corrected chi connectivity index (χ1v) is 9.28. The number of fused-ring (bicyclic) bond motifs is 1. The Hall–Kier alpha value is -2.33. The zero-order valence-corrected chi connectivity index (χ0v) is 16.2. The van der Waals surface area contributed by atoms with E-state index in [1.165, 1.54) is 5.56 Å². The Labute approximate surface area is 158 Å². The van der Waals surface area contributed by atoms with Gasteiger partial charge in [-0.05, 0) is 48.2 Å². The van der Waals surface area contributed by atoms with Crippen molar-refractivity contribution in [3.05, 3.63) is 47.0 Å². The van der Waals surface area contributed by atoms with Crippen molar-refractivity contribution in [2.24, 2.45) is 5.92 Å². The molecule has 2 aromatic carbocycles. The maximum Gasteiger partial charge on any atom is 0.227 e. The summed E-state index contributed by atoms with van der Waals surface area (Å²) in [6.07, 6.45) is 1.08. The van der Waals surface area contributed by atoms with E-state index < -0.39 is 0 Å². The number of carbonyl (C=O) groups is 1. The molecule has 0 spiro atoms. The van der Waals surface area contributed by atoms with E-state index in [-0.39, 0.29) is 11.8 Å². The highest BCUT2D eigenvalue weighted by atomic mass is 35.5. The van der Waals surface area contributed by atoms with E-state index >= 15 is 0 Å². The van der Waals surface area contributed by atoms with Crippen LogP contribution in [0.4, 0.5) is 5.69 Å². The Kier molecular flexibility index (Phi) is 5.33. The molecule has 0 aliphatic rings. The number of rotatable bonds is 5. The number of benzene rings is 2. The van der Waals surface area contributed by atoms with Crippen LogP contribution in [0.2, 0.25) is 5.02 Å². The molecule has 5 heteroatoms. The van der Waals surface area contributed by atoms with Crippen LogP contribution < -0.4 is 5.32 Å². The van der Waals surface area contributed by atoms with Gasteiger partial charge in [-0.15, -0.1) is 0 Å². The Morgan fingerprint density at radius 1 is 1.19 bits per heavy atom. The Morgan fingerprint density at radius 2 is 1.96 bits per heavy atom. The molecule has 3 aromatic rings. The normalized spacial score (nSPS) is 12.5. The van der Waals surface area contributed by atoms with Gasteiger partial charge in [-0.1, -0.05) is 45.4 Å². The lowest BCUT2D eigenvalue weighted by molar-refractivity contribution is -0.118. The lowest BCUT2D eigenvalue weighted by Crippen LogP contribution is -2.17. The van der Waals surface area contributed by atoms with Crippen LogP contribution in [0.3, 0.4) is 0 Å². The molecule has 0 aliphatic carbocycles. The number of carbonyl (C=O) groups excluding carboxylic acids is 1. The maximum absolute atomic E-state index is 12.0. The van der Waals surface area contributed by atoms with E-state index in [0.29, 0.717) is 22.5 Å². The molecule has 1 atom stereocenters. The van der Waals surface area contributed by atoms with E-state index in [1.807, 2.05) is 26.0 Å². The fourth-order valence-electron chi connectivity index (χ4n) is 2.64. The van der Waals surface area contributed by atoms with Crippen molar-refractivity contribution in [3.8, 4) is 11.5 Å². The van der Waals surface area contributed by atoms with Crippen LogP contribution in [0, 0.1) is 5.92 Å². The summed E-state index contributed by atoms with van der Waals surface area (Å²) in [5, 5.41) is 3.33. The van der Waals surface area contributed by atoms with Gasteiger partial charge in [0.2, 0.25) is 11.8 Å². The highest BCUT2D eigenvalue weighted by Gasteiger charge is 2.14. The fraction of sp³-hybridized carbons (Fsp3) is 0.333. The van der Waals surface area contributed by atoms with Crippen molar-refractivity contribution in [2.45, 2.75) is 40.0 Å². The number of aromatic nitrogens is 1. The summed E-state index contributed by atoms with van der Waals surface area (Å²) in [7, 11) is 0. The maximum atomic E-state index is 12.0. The second-order valence-corrected chi connectivity index (χ2v) is 7.30. The van der Waals surface area contributed by atoms with E-state index in [4.69, 9.17) is 16.0 Å². The first-order chi connectivity index (χ1) is 12.4. The van der Waals surface area contributed by atoms with E-state index in [2.05, 4.69) is 36.3 Å². The standard InChI is InChI=1S/C21H23ClN2O2/c1-5-13(4)14-7-9-19-18(10-14)24-21(26-19)15-6-8-16(22)17(11-15)23-20(25)12(2)3/h6-13H,5H2,1-4H3,(H,23,25)/t13-/m1/s1. The molecule has 1 N–H and O–H groups in total. The molecule has 1 aromatic heterocycles. The molecule has 0 radical (unpaired) electrons. The average molecular weight is 371 g/mol. The van der Waals surface area contributed by atoms with Gasteiger partial charge in [-0.25, -0.2) is 4.98 Å². The molecule has 0 bridgehead atoms. The SMILES string of the molecule is CC[C@@H](C)c1ccc2oc(-c3ccc(Cl)c(NC(=O)C(C)C)c3)nc2c1. The van der Waals surface area contributed by atoms with Crippen LogP contribution >= 0.6 is 11.6 Å². The lowest BCUT2D eigenvalue weighted by atomic mass is 9.98. The van der Waals surface area contributed by atoms with Gasteiger partial charge in [0.15, 0.2) is 5.58 Å². The van der Waals surface area contributed by atoms with Crippen LogP contribution in [0.15, 0.2) is 40.8 Å². The summed E-state index contributed by atoms with van der Waals surface area (Å²) in [6.45, 7) is 8.04. The van der Waals surface area contributed by atoms with Crippen LogP contribution in [-0.4, -0.2) is 10.9 Å². The second kappa shape index (κ2) is 7.50. The van der Waals surface area contributed by atoms with Crippen molar-refractivity contribution < 1.29 is 9.21 Å². The summed E-state index contributed by atoms with van der Waals surface area (Å²) in [6, 6.07) is 11.5. The molecule has 4 nitrogen and oxygen atoms in total. The lowest BCUT2D eigenvalue weighted by Gasteiger charge is -2.10. The molecular weight excluding hydrogens is 348 g/mol. The predicted molar refractivity (Wildman–Crippen MR) is 107 cm³/mol. The quantitative estimate of drug-likeness (QED) is 0.576. The second-order valence-electron chi connectivity index (χ2n) is 6.89. The number of amides is 1. The van der Waals surface area contributed by atoms with Crippen molar-refractivity contribution in [1.82, 2.24) is 4.98 Å². The molecule has 0 aliphatic heterocycles. The monoisotopic (exact) mass is 370 g/mol. The van der Waals surface area contributed by atoms with E-state index in [1.54, 1.807) is 12.1 Å². The number of anilines is 1. The smallest absolute Gasteiger partial charge is 0.227 e. The number of halogens is 1. The Bertz CT molecular complexity index is 946. The highest BCUT2D eigenvalue weighted by Crippen LogP contribution is 2.32. The number of hydrogen-bond donors (Lipinski definition) is 1. The molecule has 26 heavy (non-hydrogen) atoms. The van der Waals surface area contributed by atoms with E-state index in [9.17, 15) is 4.79 Å². The third-order valence-electron chi connectivity index (χ3n) is 4.59. The van der Waals surface area contributed by atoms with Crippen LogP contribution in [0.5, 0.6) is 0 Å². The molecule has 0 saturated heterocycles. The van der Waals surface area contributed by atoms with Gasteiger partial charge in [0.05, 0.1) is 10.7 Å². The molecular formula is C21H23ClN2O2. The predicted octanol–water partition coefficient (Wildman–Crippen LogP) is 6.26. The van der Waals surface area contributed by atoms with Crippen molar-refractivity contribution in [2.75, 3.05) is 5.32 Å². The van der Waals surface area contributed by atoms with Gasteiger partial charge >= 0.3 is 0 Å². The van der Waals surface area contributed by atoms with Crippen LogP contribution in [-0.2, 0) is 4.79 Å². The van der Waals surface area contributed by atoms with Gasteiger partial charge in [0.1, 0.15) is 5.52 Å². The molecule has 3 rings (SSSR count). The van der Waals surface area contributed by atoms with Gasteiger partial charge in [0.25, 0.3) is 0 Å². The zero-order valence-electron chi connectivity index (χ0n) is 15.5. The molecule has 1 amide bonds. The minimum Gasteiger partial charge on any atom is -0.436 e. The Morgan fingerprint density at radius 3 is 2.65 bits per heavy atom. The van der Waals surface area contributed by atoms with Gasteiger partial charge < -0.3 is 9.73 Å². The van der Waals surface area contributed by atoms with Crippen molar-refractivity contribution in [1.29, 1.82) is 0 Å². The number of hydrogen-bond acceptors (Lipinski definition) is 3. The van der Waals surface area contributed by atoms with Crippen LogP contribution in [0.1, 0.15) is 45.6 Å².